The Bertz CT molecular complexity index is 329. The zero-order valence-corrected chi connectivity index (χ0v) is 12.7. The van der Waals surface area contributed by atoms with Gasteiger partial charge in [0, 0.05) is 19.1 Å². The fraction of sp³-hybridized carbons (Fsp3) is 0.938. The van der Waals surface area contributed by atoms with Gasteiger partial charge in [0.15, 0.2) is 0 Å². The molecule has 1 aliphatic carbocycles. The molecule has 0 N–H and O–H groups in total. The van der Waals surface area contributed by atoms with Crippen LogP contribution in [0, 0.1) is 5.92 Å². The molecule has 1 saturated carbocycles. The minimum atomic E-state index is -0.251. The Balaban J connectivity index is 1.40. The van der Waals surface area contributed by atoms with Crippen LogP contribution in [0.5, 0.6) is 0 Å². The molecule has 4 heteroatoms. The molecule has 0 radical (unpaired) electrons. The molecule has 3 rings (SSSR count). The molecule has 0 bridgehead atoms. The zero-order chi connectivity index (χ0) is 13.9. The molecule has 114 valence electrons. The molecule has 1 unspecified atom stereocenters. The third-order valence-electron chi connectivity index (χ3n) is 5.06. The highest BCUT2D eigenvalue weighted by molar-refractivity contribution is 5.80. The highest BCUT2D eigenvalue weighted by atomic mass is 16.5. The molecule has 3 fully saturated rings. The first-order valence-corrected chi connectivity index (χ1v) is 8.38. The number of hydrogen-bond donors (Lipinski definition) is 0. The van der Waals surface area contributed by atoms with Crippen molar-refractivity contribution in [3.05, 3.63) is 0 Å². The van der Waals surface area contributed by atoms with E-state index in [2.05, 4.69) is 4.90 Å². The SMILES string of the molecule is CC(OCC1CC1)C(=O)N1CCC(N2CCCC2)CC1. The highest BCUT2D eigenvalue weighted by Gasteiger charge is 2.31. The van der Waals surface area contributed by atoms with Gasteiger partial charge < -0.3 is 14.5 Å². The molecule has 3 aliphatic rings. The van der Waals surface area contributed by atoms with Crippen LogP contribution in [0.3, 0.4) is 0 Å². The van der Waals surface area contributed by atoms with Gasteiger partial charge in [-0.3, -0.25) is 4.79 Å². The average molecular weight is 280 g/mol. The van der Waals surface area contributed by atoms with Crippen molar-refractivity contribution in [2.75, 3.05) is 32.8 Å². The van der Waals surface area contributed by atoms with Gasteiger partial charge in [-0.15, -0.1) is 0 Å². The van der Waals surface area contributed by atoms with Crippen LogP contribution >= 0.6 is 0 Å². The Labute approximate surface area is 122 Å². The predicted molar refractivity (Wildman–Crippen MR) is 78.5 cm³/mol. The number of piperidine rings is 1. The standard InChI is InChI=1S/C16H28N2O2/c1-13(20-12-14-4-5-14)16(19)18-10-6-15(7-11-18)17-8-2-3-9-17/h13-15H,2-12H2,1H3. The third-order valence-corrected chi connectivity index (χ3v) is 5.06. The molecule has 0 aromatic carbocycles. The molecule has 2 heterocycles. The van der Waals surface area contributed by atoms with E-state index in [9.17, 15) is 4.79 Å². The summed E-state index contributed by atoms with van der Waals surface area (Å²) < 4.78 is 5.71. The van der Waals surface area contributed by atoms with Crippen LogP contribution in [-0.2, 0) is 9.53 Å². The molecule has 20 heavy (non-hydrogen) atoms. The van der Waals surface area contributed by atoms with Crippen LogP contribution in [0.1, 0.15) is 45.4 Å². The van der Waals surface area contributed by atoms with Gasteiger partial charge >= 0.3 is 0 Å². The van der Waals surface area contributed by atoms with Gasteiger partial charge in [-0.1, -0.05) is 0 Å². The van der Waals surface area contributed by atoms with Gasteiger partial charge in [0.25, 0.3) is 5.91 Å². The van der Waals surface area contributed by atoms with E-state index in [0.717, 1.165) is 38.5 Å². The van der Waals surface area contributed by atoms with Crippen molar-refractivity contribution in [2.45, 2.75) is 57.6 Å². The van der Waals surface area contributed by atoms with E-state index in [0.29, 0.717) is 6.04 Å². The lowest BCUT2D eigenvalue weighted by molar-refractivity contribution is -0.144. The van der Waals surface area contributed by atoms with Crippen molar-refractivity contribution in [2.24, 2.45) is 5.92 Å². The smallest absolute Gasteiger partial charge is 0.251 e. The van der Waals surface area contributed by atoms with E-state index < -0.39 is 0 Å². The summed E-state index contributed by atoms with van der Waals surface area (Å²) in [5, 5.41) is 0. The third kappa shape index (κ3) is 3.53. The number of hydrogen-bond acceptors (Lipinski definition) is 3. The quantitative estimate of drug-likeness (QED) is 0.771. The van der Waals surface area contributed by atoms with E-state index in [1.54, 1.807) is 0 Å². The summed E-state index contributed by atoms with van der Waals surface area (Å²) in [5.41, 5.74) is 0. The number of carbonyl (C=O) groups excluding carboxylic acids is 1. The molecule has 0 aromatic rings. The Morgan fingerprint density at radius 3 is 2.35 bits per heavy atom. The first-order valence-electron chi connectivity index (χ1n) is 8.38. The normalized spacial score (nSPS) is 26.9. The van der Waals surface area contributed by atoms with Crippen molar-refractivity contribution < 1.29 is 9.53 Å². The second kappa shape index (κ2) is 6.44. The van der Waals surface area contributed by atoms with E-state index in [-0.39, 0.29) is 12.0 Å². The Morgan fingerprint density at radius 1 is 1.10 bits per heavy atom. The molecule has 0 aromatic heterocycles. The number of amides is 1. The number of likely N-dealkylation sites (tertiary alicyclic amines) is 2. The maximum atomic E-state index is 12.3. The Morgan fingerprint density at radius 2 is 1.75 bits per heavy atom. The summed E-state index contributed by atoms with van der Waals surface area (Å²) in [6.07, 6.45) is 7.29. The summed E-state index contributed by atoms with van der Waals surface area (Å²) in [5.74, 6) is 0.927. The number of carbonyl (C=O) groups is 1. The monoisotopic (exact) mass is 280 g/mol. The van der Waals surface area contributed by atoms with Gasteiger partial charge in [0.05, 0.1) is 6.61 Å². The Kier molecular flexibility index (Phi) is 4.61. The lowest BCUT2D eigenvalue weighted by atomic mass is 10.0. The van der Waals surface area contributed by atoms with Crippen molar-refractivity contribution in [3.8, 4) is 0 Å². The molecule has 1 amide bonds. The van der Waals surface area contributed by atoms with Crippen LogP contribution in [0.4, 0.5) is 0 Å². The molecule has 4 nitrogen and oxygen atoms in total. The molecule has 1 atom stereocenters. The van der Waals surface area contributed by atoms with Gasteiger partial charge in [-0.05, 0) is 64.5 Å². The fourth-order valence-corrected chi connectivity index (χ4v) is 3.45. The second-order valence-corrected chi connectivity index (χ2v) is 6.72. The summed E-state index contributed by atoms with van der Waals surface area (Å²) in [4.78, 5) is 17.0. The number of rotatable bonds is 5. The lowest BCUT2D eigenvalue weighted by Gasteiger charge is -2.37. The van der Waals surface area contributed by atoms with Gasteiger partial charge in [0.1, 0.15) is 6.10 Å². The lowest BCUT2D eigenvalue weighted by Crippen LogP contribution is -2.48. The summed E-state index contributed by atoms with van der Waals surface area (Å²) in [6.45, 7) is 7.04. The van der Waals surface area contributed by atoms with Gasteiger partial charge in [-0.25, -0.2) is 0 Å². The van der Waals surface area contributed by atoms with E-state index in [4.69, 9.17) is 4.74 Å². The molecule has 0 spiro atoms. The Hall–Kier alpha value is -0.610. The van der Waals surface area contributed by atoms with Crippen LogP contribution < -0.4 is 0 Å². The zero-order valence-electron chi connectivity index (χ0n) is 12.7. The van der Waals surface area contributed by atoms with Crippen LogP contribution in [0.2, 0.25) is 0 Å². The first kappa shape index (κ1) is 14.3. The fourth-order valence-electron chi connectivity index (χ4n) is 3.45. The van der Waals surface area contributed by atoms with E-state index in [1.165, 1.54) is 38.8 Å². The topological polar surface area (TPSA) is 32.8 Å². The molecular formula is C16H28N2O2. The minimum Gasteiger partial charge on any atom is -0.368 e. The van der Waals surface area contributed by atoms with Crippen LogP contribution in [0.15, 0.2) is 0 Å². The molecular weight excluding hydrogens is 252 g/mol. The van der Waals surface area contributed by atoms with Crippen molar-refractivity contribution >= 4 is 5.91 Å². The van der Waals surface area contributed by atoms with Crippen molar-refractivity contribution in [1.29, 1.82) is 0 Å². The van der Waals surface area contributed by atoms with Gasteiger partial charge in [0.2, 0.25) is 0 Å². The first-order chi connectivity index (χ1) is 9.74. The number of ether oxygens (including phenoxy) is 1. The predicted octanol–water partition coefficient (Wildman–Crippen LogP) is 1.89. The average Bonchev–Trinajstić information content (AvgIpc) is 3.16. The minimum absolute atomic E-state index is 0.200. The van der Waals surface area contributed by atoms with Gasteiger partial charge in [-0.2, -0.15) is 0 Å². The molecule has 2 aliphatic heterocycles. The summed E-state index contributed by atoms with van der Waals surface area (Å²) in [6, 6.07) is 0.712. The van der Waals surface area contributed by atoms with E-state index >= 15 is 0 Å². The largest absolute Gasteiger partial charge is 0.368 e. The van der Waals surface area contributed by atoms with Crippen LogP contribution in [0.25, 0.3) is 0 Å². The maximum absolute atomic E-state index is 12.3. The van der Waals surface area contributed by atoms with E-state index in [1.807, 2.05) is 11.8 Å². The molecule has 2 saturated heterocycles. The second-order valence-electron chi connectivity index (χ2n) is 6.72. The summed E-state index contributed by atoms with van der Waals surface area (Å²) >= 11 is 0. The maximum Gasteiger partial charge on any atom is 0.251 e. The van der Waals surface area contributed by atoms with Crippen LogP contribution in [-0.4, -0.2) is 60.6 Å². The van der Waals surface area contributed by atoms with Crippen molar-refractivity contribution in [1.82, 2.24) is 9.80 Å². The number of nitrogens with zero attached hydrogens (tertiary/aromatic N) is 2. The summed E-state index contributed by atoms with van der Waals surface area (Å²) in [7, 11) is 0. The highest BCUT2D eigenvalue weighted by Crippen LogP contribution is 2.29. The van der Waals surface area contributed by atoms with Crippen molar-refractivity contribution in [3.63, 3.8) is 0 Å².